The van der Waals surface area contributed by atoms with Crippen molar-refractivity contribution >= 4 is 33.7 Å². The first-order valence-electron chi connectivity index (χ1n) is 18.7. The van der Waals surface area contributed by atoms with Crippen LogP contribution in [0.25, 0.3) is 22.1 Å². The average molecular weight is 673 g/mol. The Morgan fingerprint density at radius 3 is 2.00 bits per heavy atom. The molecule has 9 heteroatoms. The Morgan fingerprint density at radius 2 is 1.42 bits per heavy atom. The number of carbonyl (C=O) groups is 1. The molecular weight excluding hydrogens is 621 g/mol. The van der Waals surface area contributed by atoms with Crippen LogP contribution < -0.4 is 16.0 Å². The van der Waals surface area contributed by atoms with Crippen molar-refractivity contribution < 1.29 is 4.79 Å². The lowest BCUT2D eigenvalue weighted by Gasteiger charge is -2.34. The van der Waals surface area contributed by atoms with Crippen LogP contribution in [0.5, 0.6) is 0 Å². The van der Waals surface area contributed by atoms with E-state index >= 15 is 0 Å². The number of nitrogens with one attached hydrogen (secondary N) is 3. The van der Waals surface area contributed by atoms with Gasteiger partial charge in [0.25, 0.3) is 0 Å². The van der Waals surface area contributed by atoms with Crippen LogP contribution in [0.1, 0.15) is 126 Å². The number of aromatic nitrogens is 4. The van der Waals surface area contributed by atoms with Gasteiger partial charge in [0, 0.05) is 12.2 Å². The molecule has 3 fully saturated rings. The topological polar surface area (TPSA) is 119 Å². The van der Waals surface area contributed by atoms with Crippen LogP contribution in [-0.4, -0.2) is 49.9 Å². The van der Waals surface area contributed by atoms with Crippen LogP contribution in [0.2, 0.25) is 0 Å². The lowest BCUT2D eigenvalue weighted by molar-refractivity contribution is -0.134. The minimum Gasteiger partial charge on any atom is -0.357 e. The van der Waals surface area contributed by atoms with E-state index in [-0.39, 0.29) is 35.4 Å². The molecular formula is C41H52N8O. The zero-order valence-corrected chi connectivity index (χ0v) is 30.2. The Bertz CT molecular complexity index is 2000. The summed E-state index contributed by atoms with van der Waals surface area (Å²) in [6, 6.07) is 22.9. The maximum atomic E-state index is 13.3. The van der Waals surface area contributed by atoms with E-state index in [4.69, 9.17) is 15.7 Å². The molecule has 5 N–H and O–H groups in total. The van der Waals surface area contributed by atoms with Gasteiger partial charge in [0.2, 0.25) is 5.91 Å². The quantitative estimate of drug-likeness (QED) is 0.140. The number of aromatic amines is 2. The van der Waals surface area contributed by atoms with Crippen LogP contribution >= 0.6 is 0 Å². The third-order valence-electron chi connectivity index (χ3n) is 11.5. The summed E-state index contributed by atoms with van der Waals surface area (Å²) in [4.78, 5) is 35.1. The molecule has 1 unspecified atom stereocenters. The van der Waals surface area contributed by atoms with Gasteiger partial charge in [0.05, 0.1) is 52.3 Å². The first-order chi connectivity index (χ1) is 24.0. The van der Waals surface area contributed by atoms with E-state index < -0.39 is 6.04 Å². The molecule has 5 heterocycles. The number of benzene rings is 3. The van der Waals surface area contributed by atoms with E-state index in [2.05, 4.69) is 102 Å². The number of imidazole rings is 2. The maximum Gasteiger partial charge on any atom is 0.240 e. The molecule has 1 amide bonds. The Hall–Kier alpha value is -4.21. The van der Waals surface area contributed by atoms with Crippen LogP contribution in [-0.2, 0) is 10.2 Å². The molecule has 5 atom stereocenters. The molecule has 0 radical (unpaired) electrons. The highest BCUT2D eigenvalue weighted by Crippen LogP contribution is 2.48. The van der Waals surface area contributed by atoms with Gasteiger partial charge in [-0.3, -0.25) is 4.79 Å². The number of anilines is 1. The normalized spacial score (nSPS) is 23.6. The summed E-state index contributed by atoms with van der Waals surface area (Å²) < 4.78 is 0. The fourth-order valence-corrected chi connectivity index (χ4v) is 8.50. The molecule has 3 aromatic carbocycles. The zero-order valence-electron chi connectivity index (χ0n) is 30.2. The Morgan fingerprint density at radius 1 is 0.800 bits per heavy atom. The van der Waals surface area contributed by atoms with Gasteiger partial charge in [-0.2, -0.15) is 0 Å². The number of amides is 1. The summed E-state index contributed by atoms with van der Waals surface area (Å²) >= 11 is 0. The van der Waals surface area contributed by atoms with Gasteiger partial charge in [-0.25, -0.2) is 9.97 Å². The zero-order chi connectivity index (χ0) is 34.7. The Labute approximate surface area is 295 Å². The molecule has 0 bridgehead atoms. The van der Waals surface area contributed by atoms with Crippen LogP contribution in [0.4, 0.5) is 5.69 Å². The largest absolute Gasteiger partial charge is 0.357 e. The van der Waals surface area contributed by atoms with Crippen molar-refractivity contribution in [3.05, 3.63) is 89.0 Å². The van der Waals surface area contributed by atoms with Crippen LogP contribution in [0, 0.1) is 5.92 Å². The highest BCUT2D eigenvalue weighted by atomic mass is 16.2. The number of carbonyl (C=O) groups excluding carboxylic acids is 1. The second kappa shape index (κ2) is 12.8. The lowest BCUT2D eigenvalue weighted by atomic mass is 9.87. The predicted octanol–water partition coefficient (Wildman–Crippen LogP) is 7.89. The van der Waals surface area contributed by atoms with E-state index in [0.29, 0.717) is 6.04 Å². The molecule has 8 rings (SSSR count). The third kappa shape index (κ3) is 5.98. The summed E-state index contributed by atoms with van der Waals surface area (Å²) in [6.07, 6.45) is 6.25. The van der Waals surface area contributed by atoms with Gasteiger partial charge in [-0.1, -0.05) is 58.9 Å². The van der Waals surface area contributed by atoms with Crippen molar-refractivity contribution in [1.29, 1.82) is 0 Å². The standard InChI is InChI=1S/C41H52N8O/c1-24(2)37(42)40(50)48-21-7-9-36(48)39-45-30-17-11-26(23-33(30)47-39)35-19-18-34(49(35)28-14-12-27(13-15-28)41(3,4)5)25-10-16-29-32(22-25)46-38(44-29)31-8-6-20-43-31/h10-17,22-24,31,34-37,43H,6-9,18-21,42H2,1-5H3,(H,44,46)(H,45,47)/t31-,34+,35+,36?,37-/m0/s1. The van der Waals surface area contributed by atoms with Crippen molar-refractivity contribution in [1.82, 2.24) is 30.2 Å². The lowest BCUT2D eigenvalue weighted by Crippen LogP contribution is -2.46. The summed E-state index contributed by atoms with van der Waals surface area (Å²) in [7, 11) is 0. The van der Waals surface area contributed by atoms with Gasteiger partial charge in [-0.15, -0.1) is 0 Å². The van der Waals surface area contributed by atoms with E-state index in [0.717, 1.165) is 78.9 Å². The van der Waals surface area contributed by atoms with Gasteiger partial charge in [0.1, 0.15) is 11.6 Å². The van der Waals surface area contributed by atoms with Crippen molar-refractivity contribution in [2.24, 2.45) is 11.7 Å². The number of likely N-dealkylation sites (tertiary alicyclic amines) is 1. The molecule has 3 aliphatic rings. The summed E-state index contributed by atoms with van der Waals surface area (Å²) in [5, 5.41) is 3.58. The van der Waals surface area contributed by atoms with Crippen molar-refractivity contribution in [2.75, 3.05) is 18.0 Å². The van der Waals surface area contributed by atoms with E-state index in [1.807, 2.05) is 18.7 Å². The number of hydrogen-bond acceptors (Lipinski definition) is 6. The average Bonchev–Trinajstić information content (AvgIpc) is 3.94. The predicted molar refractivity (Wildman–Crippen MR) is 201 cm³/mol. The minimum absolute atomic E-state index is 0.0218. The Kier molecular flexibility index (Phi) is 8.46. The third-order valence-corrected chi connectivity index (χ3v) is 11.5. The fourth-order valence-electron chi connectivity index (χ4n) is 8.50. The molecule has 3 saturated heterocycles. The number of fused-ring (bicyclic) bond motifs is 2. The van der Waals surface area contributed by atoms with Gasteiger partial charge in [-0.05, 0) is 109 Å². The fraction of sp³-hybridized carbons (Fsp3) is 0.488. The summed E-state index contributed by atoms with van der Waals surface area (Å²) in [6.45, 7) is 12.6. The van der Waals surface area contributed by atoms with Crippen LogP contribution in [0.15, 0.2) is 60.7 Å². The van der Waals surface area contributed by atoms with Gasteiger partial charge < -0.3 is 30.8 Å². The van der Waals surface area contributed by atoms with Crippen LogP contribution in [0.3, 0.4) is 0 Å². The van der Waals surface area contributed by atoms with Gasteiger partial charge in [0.15, 0.2) is 0 Å². The molecule has 2 aromatic heterocycles. The highest BCUT2D eigenvalue weighted by Gasteiger charge is 2.38. The first kappa shape index (κ1) is 33.0. The maximum absolute atomic E-state index is 13.3. The van der Waals surface area contributed by atoms with Crippen molar-refractivity contribution in [3.63, 3.8) is 0 Å². The molecule has 5 aromatic rings. The first-order valence-corrected chi connectivity index (χ1v) is 18.7. The van der Waals surface area contributed by atoms with Crippen molar-refractivity contribution in [3.8, 4) is 0 Å². The number of hydrogen-bond donors (Lipinski definition) is 4. The molecule has 3 aliphatic heterocycles. The Balaban J connectivity index is 1.13. The SMILES string of the molecule is CC(C)[C@H](N)C(=O)N1CCCC1c1nc2ccc([C@H]3CC[C@H](c4ccc5nc([C@@H]6CCCN6)[nH]c5c4)N3c3ccc(C(C)(C)C)cc3)cc2[nH]1. The van der Waals surface area contributed by atoms with Gasteiger partial charge >= 0.3 is 0 Å². The molecule has 262 valence electrons. The van der Waals surface area contributed by atoms with E-state index in [9.17, 15) is 4.79 Å². The number of nitrogens with zero attached hydrogens (tertiary/aromatic N) is 4. The monoisotopic (exact) mass is 672 g/mol. The highest BCUT2D eigenvalue weighted by molar-refractivity contribution is 5.83. The van der Waals surface area contributed by atoms with E-state index in [1.165, 1.54) is 28.8 Å². The summed E-state index contributed by atoms with van der Waals surface area (Å²) in [5.74, 6) is 2.03. The number of rotatable bonds is 7. The van der Waals surface area contributed by atoms with Crippen molar-refractivity contribution in [2.45, 2.75) is 109 Å². The second-order valence-electron chi connectivity index (χ2n) is 16.2. The number of nitrogens with two attached hydrogens (primary N) is 1. The number of H-pyrrole nitrogens is 2. The molecule has 0 aliphatic carbocycles. The molecule has 0 saturated carbocycles. The molecule has 50 heavy (non-hydrogen) atoms. The van der Waals surface area contributed by atoms with E-state index in [1.54, 1.807) is 0 Å². The minimum atomic E-state index is -0.495. The molecule has 9 nitrogen and oxygen atoms in total. The second-order valence-corrected chi connectivity index (χ2v) is 16.2. The smallest absolute Gasteiger partial charge is 0.240 e. The molecule has 0 spiro atoms. The summed E-state index contributed by atoms with van der Waals surface area (Å²) in [5.41, 5.74) is 15.6.